The van der Waals surface area contributed by atoms with Crippen molar-refractivity contribution in [3.63, 3.8) is 0 Å². The second-order valence-corrected chi connectivity index (χ2v) is 6.62. The number of aryl methyl sites for hydroxylation is 1. The summed E-state index contributed by atoms with van der Waals surface area (Å²) in [6.45, 7) is 4.44. The van der Waals surface area contributed by atoms with Crippen molar-refractivity contribution in [3.8, 4) is 0 Å². The maximum atomic E-state index is 5.87. The molecule has 0 bridgehead atoms. The zero-order valence-corrected chi connectivity index (χ0v) is 13.5. The Bertz CT molecular complexity index is 419. The van der Waals surface area contributed by atoms with Gasteiger partial charge in [0.25, 0.3) is 0 Å². The molecule has 106 valence electrons. The smallest absolute Gasteiger partial charge is 0.0499 e. The molecule has 3 heteroatoms. The third-order valence-corrected chi connectivity index (χ3v) is 5.69. The summed E-state index contributed by atoms with van der Waals surface area (Å²) in [5.74, 6) is 7.40. The predicted octanol–water partition coefficient (Wildman–Crippen LogP) is 4.48. The van der Waals surface area contributed by atoms with Gasteiger partial charge in [0.2, 0.25) is 0 Å². The Labute approximate surface area is 125 Å². The van der Waals surface area contributed by atoms with Gasteiger partial charge in [0.05, 0.1) is 0 Å². The summed E-state index contributed by atoms with van der Waals surface area (Å²) in [5.41, 5.74) is 5.66. The summed E-state index contributed by atoms with van der Waals surface area (Å²) in [6, 6.07) is 6.72. The van der Waals surface area contributed by atoms with Gasteiger partial charge in [-0.15, -0.1) is 0 Å². The lowest BCUT2D eigenvalue weighted by Gasteiger charge is -2.34. The van der Waals surface area contributed by atoms with E-state index in [0.29, 0.717) is 5.92 Å². The molecular weight excluding hydrogens is 300 g/mol. The average Bonchev–Trinajstić information content (AvgIpc) is 2.44. The Hall–Kier alpha value is -0.380. The van der Waals surface area contributed by atoms with Crippen LogP contribution in [0.3, 0.4) is 0 Å². The van der Waals surface area contributed by atoms with Crippen molar-refractivity contribution >= 4 is 15.9 Å². The van der Waals surface area contributed by atoms with Crippen LogP contribution in [0.1, 0.15) is 56.2 Å². The van der Waals surface area contributed by atoms with Crippen molar-refractivity contribution < 1.29 is 0 Å². The molecule has 0 amide bonds. The minimum absolute atomic E-state index is 0.267. The standard InChI is InChI=1S/C16H25BrN2/c1-3-12-7-5-8-13(10-12)16(19-18)14-9-4-6-11(2)15(14)17/h4,6,9,12-13,16,19H,3,5,7-8,10,18H2,1-2H3. The van der Waals surface area contributed by atoms with E-state index in [-0.39, 0.29) is 6.04 Å². The maximum Gasteiger partial charge on any atom is 0.0499 e. The molecule has 19 heavy (non-hydrogen) atoms. The lowest BCUT2D eigenvalue weighted by atomic mass is 9.75. The number of hydrogen-bond donors (Lipinski definition) is 2. The first kappa shape index (κ1) is 15.0. The van der Waals surface area contributed by atoms with E-state index in [1.807, 2.05) is 0 Å². The molecule has 1 aliphatic rings. The van der Waals surface area contributed by atoms with Gasteiger partial charge in [0.15, 0.2) is 0 Å². The van der Waals surface area contributed by atoms with Gasteiger partial charge in [-0.05, 0) is 42.7 Å². The van der Waals surface area contributed by atoms with Gasteiger partial charge in [-0.2, -0.15) is 0 Å². The van der Waals surface area contributed by atoms with Crippen LogP contribution >= 0.6 is 15.9 Å². The molecule has 1 aromatic rings. The van der Waals surface area contributed by atoms with Crippen LogP contribution in [0.2, 0.25) is 0 Å². The van der Waals surface area contributed by atoms with E-state index in [0.717, 1.165) is 5.92 Å². The van der Waals surface area contributed by atoms with E-state index in [2.05, 4.69) is 53.4 Å². The molecular formula is C16H25BrN2. The monoisotopic (exact) mass is 324 g/mol. The van der Waals surface area contributed by atoms with E-state index in [4.69, 9.17) is 5.84 Å². The van der Waals surface area contributed by atoms with Crippen molar-refractivity contribution in [2.45, 2.75) is 52.0 Å². The summed E-state index contributed by atoms with van der Waals surface area (Å²) in [6.07, 6.45) is 6.60. The molecule has 1 aromatic carbocycles. The molecule has 0 saturated heterocycles. The van der Waals surface area contributed by atoms with Gasteiger partial charge < -0.3 is 0 Å². The number of hydrogen-bond acceptors (Lipinski definition) is 2. The molecule has 0 heterocycles. The van der Waals surface area contributed by atoms with Crippen LogP contribution in [0.25, 0.3) is 0 Å². The van der Waals surface area contributed by atoms with E-state index in [9.17, 15) is 0 Å². The van der Waals surface area contributed by atoms with Gasteiger partial charge in [-0.25, -0.2) is 0 Å². The Morgan fingerprint density at radius 1 is 1.42 bits per heavy atom. The Morgan fingerprint density at radius 2 is 2.21 bits per heavy atom. The van der Waals surface area contributed by atoms with Gasteiger partial charge in [-0.1, -0.05) is 60.3 Å². The molecule has 1 fully saturated rings. The van der Waals surface area contributed by atoms with Crippen LogP contribution in [-0.4, -0.2) is 0 Å². The highest BCUT2D eigenvalue weighted by atomic mass is 79.9. The third kappa shape index (κ3) is 3.39. The number of benzene rings is 1. The fraction of sp³-hybridized carbons (Fsp3) is 0.625. The van der Waals surface area contributed by atoms with Crippen LogP contribution in [0.15, 0.2) is 22.7 Å². The highest BCUT2D eigenvalue weighted by Gasteiger charge is 2.29. The van der Waals surface area contributed by atoms with Gasteiger partial charge in [-0.3, -0.25) is 11.3 Å². The highest BCUT2D eigenvalue weighted by Crippen LogP contribution is 2.40. The first-order valence-corrected chi connectivity index (χ1v) is 8.17. The van der Waals surface area contributed by atoms with Crippen LogP contribution in [0.4, 0.5) is 0 Å². The lowest BCUT2D eigenvalue weighted by Crippen LogP contribution is -2.36. The molecule has 3 N–H and O–H groups in total. The molecule has 0 aliphatic heterocycles. The minimum Gasteiger partial charge on any atom is -0.271 e. The van der Waals surface area contributed by atoms with Crippen LogP contribution in [0.5, 0.6) is 0 Å². The van der Waals surface area contributed by atoms with E-state index >= 15 is 0 Å². The second-order valence-electron chi connectivity index (χ2n) is 5.82. The highest BCUT2D eigenvalue weighted by molar-refractivity contribution is 9.10. The quantitative estimate of drug-likeness (QED) is 0.633. The largest absolute Gasteiger partial charge is 0.271 e. The molecule has 3 atom stereocenters. The van der Waals surface area contributed by atoms with Crippen LogP contribution in [0, 0.1) is 18.8 Å². The molecule has 0 spiro atoms. The molecule has 0 aromatic heterocycles. The number of hydrazine groups is 1. The van der Waals surface area contributed by atoms with Crippen molar-refractivity contribution in [1.82, 2.24) is 5.43 Å². The van der Waals surface area contributed by atoms with Gasteiger partial charge >= 0.3 is 0 Å². The summed E-state index contributed by atoms with van der Waals surface area (Å²) < 4.78 is 1.21. The summed E-state index contributed by atoms with van der Waals surface area (Å²) in [7, 11) is 0. The van der Waals surface area contributed by atoms with Crippen molar-refractivity contribution in [1.29, 1.82) is 0 Å². The Balaban J connectivity index is 2.21. The van der Waals surface area contributed by atoms with Crippen LogP contribution < -0.4 is 11.3 Å². The third-order valence-electron chi connectivity index (χ3n) is 4.61. The molecule has 3 unspecified atom stereocenters. The van der Waals surface area contributed by atoms with E-state index < -0.39 is 0 Å². The minimum atomic E-state index is 0.267. The first-order chi connectivity index (χ1) is 9.17. The molecule has 2 rings (SSSR count). The maximum absolute atomic E-state index is 5.87. The first-order valence-electron chi connectivity index (χ1n) is 7.38. The molecule has 2 nitrogen and oxygen atoms in total. The van der Waals surface area contributed by atoms with Crippen molar-refractivity contribution in [3.05, 3.63) is 33.8 Å². The topological polar surface area (TPSA) is 38.0 Å². The molecule has 1 saturated carbocycles. The SMILES string of the molecule is CCC1CCCC(C(NN)c2cccc(C)c2Br)C1. The Kier molecular flexibility index (Phi) is 5.43. The van der Waals surface area contributed by atoms with E-state index in [1.54, 1.807) is 0 Å². The molecule has 0 radical (unpaired) electrons. The summed E-state index contributed by atoms with van der Waals surface area (Å²) >= 11 is 3.72. The van der Waals surface area contributed by atoms with Crippen molar-refractivity contribution in [2.24, 2.45) is 17.7 Å². The summed E-state index contributed by atoms with van der Waals surface area (Å²) in [4.78, 5) is 0. The fourth-order valence-corrected chi connectivity index (χ4v) is 3.91. The molecule has 1 aliphatic carbocycles. The fourth-order valence-electron chi connectivity index (χ4n) is 3.40. The lowest BCUT2D eigenvalue weighted by molar-refractivity contribution is 0.209. The van der Waals surface area contributed by atoms with Gasteiger partial charge in [0.1, 0.15) is 0 Å². The Morgan fingerprint density at radius 3 is 2.89 bits per heavy atom. The van der Waals surface area contributed by atoms with Crippen molar-refractivity contribution in [2.75, 3.05) is 0 Å². The number of nitrogens with two attached hydrogens (primary N) is 1. The zero-order valence-electron chi connectivity index (χ0n) is 12.0. The summed E-state index contributed by atoms with van der Waals surface area (Å²) in [5, 5.41) is 0. The predicted molar refractivity (Wildman–Crippen MR) is 84.7 cm³/mol. The number of nitrogens with one attached hydrogen (secondary N) is 1. The number of rotatable bonds is 4. The zero-order chi connectivity index (χ0) is 13.8. The normalized spacial score (nSPS) is 25.3. The van der Waals surface area contributed by atoms with E-state index in [1.165, 1.54) is 47.7 Å². The number of halogens is 1. The van der Waals surface area contributed by atoms with Gasteiger partial charge in [0, 0.05) is 10.5 Å². The van der Waals surface area contributed by atoms with Crippen LogP contribution in [-0.2, 0) is 0 Å². The second kappa shape index (κ2) is 6.87. The average molecular weight is 325 g/mol.